The molecule has 4 rings (SSSR count). The van der Waals surface area contributed by atoms with Gasteiger partial charge in [0.05, 0.1) is 12.6 Å². The first kappa shape index (κ1) is 15.9. The molecule has 0 bridgehead atoms. The monoisotopic (exact) mass is 335 g/mol. The third kappa shape index (κ3) is 2.94. The van der Waals surface area contributed by atoms with E-state index in [-0.39, 0.29) is 11.9 Å². The highest BCUT2D eigenvalue weighted by Crippen LogP contribution is 2.32. The standard InChI is InChI=1S/C21H21NO3/c1-2-24-13-17-16-9-5-6-10-19(16)25-20(17)21(23)22-18-12-11-14-7-3-4-8-15(14)18/h3-10,18H,2,11-13H2,1H3,(H,22,23)/t18-/m1/s1. The van der Waals surface area contributed by atoms with Gasteiger partial charge >= 0.3 is 0 Å². The fourth-order valence-electron chi connectivity index (χ4n) is 3.56. The Labute approximate surface area is 146 Å². The Bertz CT molecular complexity index is 912. The molecular formula is C21H21NO3. The lowest BCUT2D eigenvalue weighted by Crippen LogP contribution is -2.27. The Morgan fingerprint density at radius 2 is 2.00 bits per heavy atom. The summed E-state index contributed by atoms with van der Waals surface area (Å²) in [6, 6.07) is 16.0. The number of nitrogens with one attached hydrogen (secondary N) is 1. The number of aryl methyl sites for hydroxylation is 1. The number of benzene rings is 2. The molecule has 1 aromatic heterocycles. The van der Waals surface area contributed by atoms with E-state index >= 15 is 0 Å². The van der Waals surface area contributed by atoms with Gasteiger partial charge in [-0.2, -0.15) is 0 Å². The van der Waals surface area contributed by atoms with Crippen molar-refractivity contribution in [2.45, 2.75) is 32.4 Å². The Hall–Kier alpha value is -2.59. The zero-order chi connectivity index (χ0) is 17.2. The second-order valence-corrected chi connectivity index (χ2v) is 6.31. The third-order valence-corrected chi connectivity index (χ3v) is 4.79. The summed E-state index contributed by atoms with van der Waals surface area (Å²) in [6.07, 6.45) is 1.92. The summed E-state index contributed by atoms with van der Waals surface area (Å²) in [7, 11) is 0. The molecule has 1 heterocycles. The van der Waals surface area contributed by atoms with E-state index in [4.69, 9.17) is 9.15 Å². The molecule has 1 aliphatic carbocycles. The Kier molecular flexibility index (Phi) is 4.28. The van der Waals surface area contributed by atoms with Crippen LogP contribution in [0.4, 0.5) is 0 Å². The molecule has 3 aromatic rings. The molecule has 1 amide bonds. The Morgan fingerprint density at radius 1 is 1.20 bits per heavy atom. The van der Waals surface area contributed by atoms with Crippen LogP contribution < -0.4 is 5.32 Å². The van der Waals surface area contributed by atoms with Crippen LogP contribution in [0.15, 0.2) is 52.9 Å². The highest BCUT2D eigenvalue weighted by atomic mass is 16.5. The summed E-state index contributed by atoms with van der Waals surface area (Å²) in [5, 5.41) is 4.08. The van der Waals surface area contributed by atoms with E-state index < -0.39 is 0 Å². The van der Waals surface area contributed by atoms with Gasteiger partial charge < -0.3 is 14.5 Å². The van der Waals surface area contributed by atoms with Gasteiger partial charge in [0.1, 0.15) is 5.58 Å². The number of carbonyl (C=O) groups is 1. The van der Waals surface area contributed by atoms with Crippen molar-refractivity contribution in [1.82, 2.24) is 5.32 Å². The lowest BCUT2D eigenvalue weighted by molar-refractivity contribution is 0.0898. The van der Waals surface area contributed by atoms with Crippen molar-refractivity contribution >= 4 is 16.9 Å². The molecule has 0 unspecified atom stereocenters. The minimum atomic E-state index is -0.174. The van der Waals surface area contributed by atoms with E-state index in [0.29, 0.717) is 24.6 Å². The van der Waals surface area contributed by atoms with Crippen molar-refractivity contribution < 1.29 is 13.9 Å². The lowest BCUT2D eigenvalue weighted by atomic mass is 10.1. The van der Waals surface area contributed by atoms with Gasteiger partial charge in [0.25, 0.3) is 5.91 Å². The SMILES string of the molecule is CCOCc1c(C(=O)N[C@@H]2CCc3ccccc32)oc2ccccc12. The van der Waals surface area contributed by atoms with Crippen molar-refractivity contribution in [3.8, 4) is 0 Å². The van der Waals surface area contributed by atoms with Crippen molar-refractivity contribution in [3.63, 3.8) is 0 Å². The van der Waals surface area contributed by atoms with Crippen LogP contribution in [0.2, 0.25) is 0 Å². The van der Waals surface area contributed by atoms with Gasteiger partial charge in [0.2, 0.25) is 0 Å². The zero-order valence-electron chi connectivity index (χ0n) is 14.2. The minimum Gasteiger partial charge on any atom is -0.451 e. The molecular weight excluding hydrogens is 314 g/mol. The maximum Gasteiger partial charge on any atom is 0.287 e. The predicted octanol–water partition coefficient (Wildman–Crippen LogP) is 4.39. The molecule has 0 aliphatic heterocycles. The summed E-state index contributed by atoms with van der Waals surface area (Å²) in [4.78, 5) is 12.9. The largest absolute Gasteiger partial charge is 0.451 e. The first-order chi connectivity index (χ1) is 12.3. The average Bonchev–Trinajstić information content (AvgIpc) is 3.22. The van der Waals surface area contributed by atoms with E-state index in [9.17, 15) is 4.79 Å². The van der Waals surface area contributed by atoms with E-state index in [1.165, 1.54) is 11.1 Å². The number of hydrogen-bond acceptors (Lipinski definition) is 3. The summed E-state index contributed by atoms with van der Waals surface area (Å²) in [6.45, 7) is 2.91. The summed E-state index contributed by atoms with van der Waals surface area (Å²) >= 11 is 0. The van der Waals surface area contributed by atoms with Crippen molar-refractivity contribution in [1.29, 1.82) is 0 Å². The van der Waals surface area contributed by atoms with Gasteiger partial charge in [-0.25, -0.2) is 0 Å². The van der Waals surface area contributed by atoms with Crippen LogP contribution in [0.5, 0.6) is 0 Å². The number of hydrogen-bond donors (Lipinski definition) is 1. The van der Waals surface area contributed by atoms with Crippen LogP contribution >= 0.6 is 0 Å². The molecule has 25 heavy (non-hydrogen) atoms. The van der Waals surface area contributed by atoms with Crippen LogP contribution in [0.1, 0.15) is 46.6 Å². The quantitative estimate of drug-likeness (QED) is 0.752. The first-order valence-corrected chi connectivity index (χ1v) is 8.74. The molecule has 4 nitrogen and oxygen atoms in total. The molecule has 1 N–H and O–H groups in total. The van der Waals surface area contributed by atoms with Gasteiger partial charge in [-0.1, -0.05) is 42.5 Å². The molecule has 128 valence electrons. The summed E-state index contributed by atoms with van der Waals surface area (Å²) in [5.74, 6) is 0.187. The van der Waals surface area contributed by atoms with Crippen molar-refractivity contribution in [2.24, 2.45) is 0 Å². The van der Waals surface area contributed by atoms with E-state index in [0.717, 1.165) is 23.8 Å². The molecule has 0 radical (unpaired) electrons. The maximum atomic E-state index is 12.9. The maximum absolute atomic E-state index is 12.9. The van der Waals surface area contributed by atoms with Crippen LogP contribution in [-0.2, 0) is 17.8 Å². The van der Waals surface area contributed by atoms with Crippen molar-refractivity contribution in [3.05, 3.63) is 71.0 Å². The minimum absolute atomic E-state index is 0.0388. The first-order valence-electron chi connectivity index (χ1n) is 8.74. The molecule has 1 aliphatic rings. The second kappa shape index (κ2) is 6.73. The molecule has 0 spiro atoms. The van der Waals surface area contributed by atoms with E-state index in [2.05, 4.69) is 17.4 Å². The van der Waals surface area contributed by atoms with Crippen LogP contribution in [-0.4, -0.2) is 12.5 Å². The fraction of sp³-hybridized carbons (Fsp3) is 0.286. The second-order valence-electron chi connectivity index (χ2n) is 6.31. The molecule has 0 fully saturated rings. The van der Waals surface area contributed by atoms with Crippen molar-refractivity contribution in [2.75, 3.05) is 6.61 Å². The van der Waals surface area contributed by atoms with Gasteiger partial charge in [-0.3, -0.25) is 4.79 Å². The third-order valence-electron chi connectivity index (χ3n) is 4.79. The van der Waals surface area contributed by atoms with Gasteiger partial charge in [-0.05, 0) is 37.0 Å². The van der Waals surface area contributed by atoms with Crippen LogP contribution in [0.25, 0.3) is 11.0 Å². The molecule has 4 heteroatoms. The van der Waals surface area contributed by atoms with E-state index in [1.54, 1.807) is 0 Å². The van der Waals surface area contributed by atoms with Crippen LogP contribution in [0.3, 0.4) is 0 Å². The van der Waals surface area contributed by atoms with E-state index in [1.807, 2.05) is 43.3 Å². The Morgan fingerprint density at radius 3 is 2.88 bits per heavy atom. The number of para-hydroxylation sites is 1. The number of carbonyl (C=O) groups excluding carboxylic acids is 1. The van der Waals surface area contributed by atoms with Gasteiger partial charge in [0.15, 0.2) is 5.76 Å². The summed E-state index contributed by atoms with van der Waals surface area (Å²) in [5.41, 5.74) is 4.06. The number of rotatable bonds is 5. The molecule has 1 atom stereocenters. The van der Waals surface area contributed by atoms with Gasteiger partial charge in [-0.15, -0.1) is 0 Å². The average molecular weight is 335 g/mol. The lowest BCUT2D eigenvalue weighted by Gasteiger charge is -2.13. The summed E-state index contributed by atoms with van der Waals surface area (Å²) < 4.78 is 11.4. The number of amides is 1. The highest BCUT2D eigenvalue weighted by Gasteiger charge is 2.27. The number of ether oxygens (including phenoxy) is 1. The molecule has 2 aromatic carbocycles. The predicted molar refractivity (Wildman–Crippen MR) is 96.5 cm³/mol. The fourth-order valence-corrected chi connectivity index (χ4v) is 3.56. The number of furan rings is 1. The number of fused-ring (bicyclic) bond motifs is 2. The Balaban J connectivity index is 1.64. The normalized spacial score (nSPS) is 16.1. The van der Waals surface area contributed by atoms with Gasteiger partial charge in [0, 0.05) is 17.6 Å². The zero-order valence-corrected chi connectivity index (χ0v) is 14.2. The van der Waals surface area contributed by atoms with Crippen LogP contribution in [0, 0.1) is 0 Å². The molecule has 0 saturated heterocycles. The highest BCUT2D eigenvalue weighted by molar-refractivity contribution is 5.99. The smallest absolute Gasteiger partial charge is 0.287 e. The molecule has 0 saturated carbocycles. The topological polar surface area (TPSA) is 51.5 Å².